The van der Waals surface area contributed by atoms with Crippen molar-refractivity contribution in [2.45, 2.75) is 37.8 Å². The summed E-state index contributed by atoms with van der Waals surface area (Å²) in [5.74, 6) is -1.65. The zero-order valence-corrected chi connectivity index (χ0v) is 17.6. The molecule has 4 rings (SSSR count). The van der Waals surface area contributed by atoms with Gasteiger partial charge >= 0.3 is 0 Å². The Morgan fingerprint density at radius 3 is 2.40 bits per heavy atom. The maximum Gasteiger partial charge on any atom is 0.226 e. The molecule has 2 aliphatic rings. The van der Waals surface area contributed by atoms with Crippen LogP contribution in [0.4, 0.5) is 8.78 Å². The molecule has 2 fully saturated rings. The Labute approximate surface area is 175 Å². The molecule has 0 radical (unpaired) electrons. The van der Waals surface area contributed by atoms with E-state index in [1.807, 2.05) is 19.1 Å². The first-order valence-corrected chi connectivity index (χ1v) is 11.9. The minimum Gasteiger partial charge on any atom is -0.335 e. The van der Waals surface area contributed by atoms with Crippen LogP contribution in [0.5, 0.6) is 0 Å². The second-order valence-electron chi connectivity index (χ2n) is 8.24. The number of likely N-dealkylation sites (tertiary alicyclic amines) is 1. The molecule has 2 aromatic carbocycles. The van der Waals surface area contributed by atoms with E-state index in [0.29, 0.717) is 12.0 Å². The van der Waals surface area contributed by atoms with Gasteiger partial charge in [-0.2, -0.15) is 0 Å². The van der Waals surface area contributed by atoms with E-state index < -0.39 is 21.7 Å². The van der Waals surface area contributed by atoms with Crippen LogP contribution in [-0.2, 0) is 14.8 Å². The van der Waals surface area contributed by atoms with Crippen molar-refractivity contribution in [2.24, 2.45) is 5.92 Å². The number of benzene rings is 2. The smallest absolute Gasteiger partial charge is 0.226 e. The minimum absolute atomic E-state index is 0.0251. The first-order valence-electron chi connectivity index (χ1n) is 9.97. The van der Waals surface area contributed by atoms with Gasteiger partial charge in [-0.05, 0) is 48.9 Å². The van der Waals surface area contributed by atoms with Gasteiger partial charge in [0.2, 0.25) is 15.9 Å². The molecule has 8 heteroatoms. The summed E-state index contributed by atoms with van der Waals surface area (Å²) in [4.78, 5) is 14.8. The number of amides is 1. The molecule has 1 saturated carbocycles. The summed E-state index contributed by atoms with van der Waals surface area (Å²) in [5.41, 5.74) is 1.16. The highest BCUT2D eigenvalue weighted by atomic mass is 32.2. The van der Waals surface area contributed by atoms with Gasteiger partial charge < -0.3 is 4.90 Å². The van der Waals surface area contributed by atoms with E-state index in [0.717, 1.165) is 18.2 Å². The summed E-state index contributed by atoms with van der Waals surface area (Å²) >= 11 is 0. The number of carbonyl (C=O) groups excluding carboxylic acids is 1. The van der Waals surface area contributed by atoms with Crippen LogP contribution in [0.25, 0.3) is 11.1 Å². The quantitative estimate of drug-likeness (QED) is 0.759. The lowest BCUT2D eigenvalue weighted by atomic mass is 9.92. The fraction of sp³-hybridized carbons (Fsp3) is 0.409. The largest absolute Gasteiger partial charge is 0.335 e. The molecule has 1 aliphatic heterocycles. The second-order valence-corrected chi connectivity index (χ2v) is 10.1. The number of nitrogens with zero attached hydrogens (tertiary/aromatic N) is 1. The third kappa shape index (κ3) is 3.98. The molecule has 2 aromatic rings. The van der Waals surface area contributed by atoms with E-state index in [1.54, 1.807) is 17.0 Å². The molecule has 30 heavy (non-hydrogen) atoms. The normalized spacial score (nSPS) is 25.7. The van der Waals surface area contributed by atoms with Crippen molar-refractivity contribution in [3.05, 3.63) is 59.7 Å². The van der Waals surface area contributed by atoms with Gasteiger partial charge in [-0.3, -0.25) is 4.79 Å². The summed E-state index contributed by atoms with van der Waals surface area (Å²) < 4.78 is 53.9. The molecule has 0 aromatic heterocycles. The van der Waals surface area contributed by atoms with Crippen LogP contribution in [0.15, 0.2) is 42.5 Å². The fourth-order valence-electron chi connectivity index (χ4n) is 4.48. The van der Waals surface area contributed by atoms with Gasteiger partial charge in [-0.15, -0.1) is 0 Å². The summed E-state index contributed by atoms with van der Waals surface area (Å²) in [5, 5.41) is 0. The summed E-state index contributed by atoms with van der Waals surface area (Å²) in [7, 11) is -3.32. The Hall–Kier alpha value is -2.32. The van der Waals surface area contributed by atoms with Crippen LogP contribution < -0.4 is 4.72 Å². The first kappa shape index (κ1) is 20.9. The Bertz CT molecular complexity index is 1070. The number of nitrogens with one attached hydrogen (secondary N) is 1. The number of rotatable bonds is 6. The predicted octanol–water partition coefficient (Wildman–Crippen LogP) is 3.27. The van der Waals surface area contributed by atoms with Crippen LogP contribution in [0.3, 0.4) is 0 Å². The van der Waals surface area contributed by atoms with Gasteiger partial charge in [-0.1, -0.05) is 30.3 Å². The molecular formula is C22H24F2N2O3S. The third-order valence-electron chi connectivity index (χ3n) is 6.02. The van der Waals surface area contributed by atoms with Crippen LogP contribution in [0, 0.1) is 17.6 Å². The maximum absolute atomic E-state index is 14.4. The Morgan fingerprint density at radius 2 is 1.77 bits per heavy atom. The minimum atomic E-state index is -3.32. The number of carbonyl (C=O) groups is 1. The second kappa shape index (κ2) is 7.74. The van der Waals surface area contributed by atoms with Gasteiger partial charge in [-0.25, -0.2) is 21.9 Å². The average molecular weight is 435 g/mol. The van der Waals surface area contributed by atoms with E-state index >= 15 is 0 Å². The van der Waals surface area contributed by atoms with Crippen molar-refractivity contribution in [2.75, 3.05) is 12.8 Å². The van der Waals surface area contributed by atoms with Gasteiger partial charge in [0.05, 0.1) is 11.8 Å². The van der Waals surface area contributed by atoms with Crippen LogP contribution in [0.2, 0.25) is 0 Å². The van der Waals surface area contributed by atoms with Gasteiger partial charge in [0.15, 0.2) is 0 Å². The highest BCUT2D eigenvalue weighted by molar-refractivity contribution is 7.88. The zero-order valence-electron chi connectivity index (χ0n) is 16.8. The number of hydrogen-bond donors (Lipinski definition) is 1. The fourth-order valence-corrected chi connectivity index (χ4v) is 4.97. The van der Waals surface area contributed by atoms with Crippen molar-refractivity contribution in [1.82, 2.24) is 9.62 Å². The number of halogens is 2. The SMILES string of the molecule is CC1CC(CNS(C)(=O)=O)N1C(=O)[C@@H]1C[C@H]1c1ccccc1-c1c(F)cccc1F. The van der Waals surface area contributed by atoms with Crippen molar-refractivity contribution in [3.63, 3.8) is 0 Å². The van der Waals surface area contributed by atoms with E-state index in [4.69, 9.17) is 0 Å². The third-order valence-corrected chi connectivity index (χ3v) is 6.71. The lowest BCUT2D eigenvalue weighted by Crippen LogP contribution is -2.61. The Morgan fingerprint density at radius 1 is 1.10 bits per heavy atom. The number of sulfonamides is 1. The molecule has 1 N–H and O–H groups in total. The Balaban J connectivity index is 1.53. The molecule has 0 bridgehead atoms. The lowest BCUT2D eigenvalue weighted by Gasteiger charge is -2.47. The van der Waals surface area contributed by atoms with Crippen LogP contribution >= 0.6 is 0 Å². The predicted molar refractivity (Wildman–Crippen MR) is 110 cm³/mol. The van der Waals surface area contributed by atoms with Crippen molar-refractivity contribution >= 4 is 15.9 Å². The molecule has 2 unspecified atom stereocenters. The summed E-state index contributed by atoms with van der Waals surface area (Å²) in [6.07, 6.45) is 2.45. The van der Waals surface area contributed by atoms with Gasteiger partial charge in [0.25, 0.3) is 0 Å². The monoisotopic (exact) mass is 434 g/mol. The van der Waals surface area contributed by atoms with E-state index in [2.05, 4.69) is 4.72 Å². The Kier molecular flexibility index (Phi) is 5.40. The molecule has 5 nitrogen and oxygen atoms in total. The molecule has 160 valence electrons. The van der Waals surface area contributed by atoms with Crippen LogP contribution in [0.1, 0.15) is 31.2 Å². The summed E-state index contributed by atoms with van der Waals surface area (Å²) in [6, 6.07) is 10.7. The van der Waals surface area contributed by atoms with E-state index in [9.17, 15) is 22.0 Å². The molecule has 4 atom stereocenters. The lowest BCUT2D eigenvalue weighted by molar-refractivity contribution is -0.145. The molecule has 1 amide bonds. The molecule has 1 saturated heterocycles. The summed E-state index contributed by atoms with van der Waals surface area (Å²) in [6.45, 7) is 2.14. The van der Waals surface area contributed by atoms with Crippen LogP contribution in [-0.4, -0.2) is 44.1 Å². The van der Waals surface area contributed by atoms with E-state index in [1.165, 1.54) is 18.2 Å². The average Bonchev–Trinajstić information content (AvgIpc) is 3.45. The molecule has 0 spiro atoms. The topological polar surface area (TPSA) is 66.5 Å². The maximum atomic E-state index is 14.4. The van der Waals surface area contributed by atoms with Crippen molar-refractivity contribution in [3.8, 4) is 11.1 Å². The van der Waals surface area contributed by atoms with Crippen molar-refractivity contribution < 1.29 is 22.0 Å². The first-order chi connectivity index (χ1) is 14.2. The number of hydrogen-bond acceptors (Lipinski definition) is 3. The standard InChI is InChI=1S/C22H24F2N2O3S/c1-13-10-14(12-25-30(2,28)29)26(13)22(27)18-11-17(18)15-6-3-4-7-16(15)21-19(23)8-5-9-20(21)24/h3-9,13-14,17-18,25H,10-12H2,1-2H3/t13?,14?,17-,18+/m0/s1. The molecular weight excluding hydrogens is 410 g/mol. The van der Waals surface area contributed by atoms with Gasteiger partial charge in [0, 0.05) is 24.5 Å². The van der Waals surface area contributed by atoms with Gasteiger partial charge in [0.1, 0.15) is 11.6 Å². The zero-order chi connectivity index (χ0) is 21.6. The molecule has 1 heterocycles. The highest BCUT2D eigenvalue weighted by Crippen LogP contribution is 2.52. The van der Waals surface area contributed by atoms with Crippen molar-refractivity contribution in [1.29, 1.82) is 0 Å². The highest BCUT2D eigenvalue weighted by Gasteiger charge is 2.51. The molecule has 1 aliphatic carbocycles. The van der Waals surface area contributed by atoms with E-state index in [-0.39, 0.29) is 41.9 Å².